The smallest absolute Gasteiger partial charge is 0.144 e. The summed E-state index contributed by atoms with van der Waals surface area (Å²) < 4.78 is 0. The van der Waals surface area contributed by atoms with Crippen LogP contribution in [-0.2, 0) is 4.79 Å². The third-order valence-electron chi connectivity index (χ3n) is 0.674. The van der Waals surface area contributed by atoms with Crippen molar-refractivity contribution >= 4 is 39.0 Å². The second kappa shape index (κ2) is 24.0. The van der Waals surface area contributed by atoms with Crippen molar-refractivity contribution in [3.05, 3.63) is 0 Å². The number of nitrogens with two attached hydrogens (primary N) is 2. The molecule has 0 fully saturated rings. The quantitative estimate of drug-likeness (QED) is 0.441. The predicted molar refractivity (Wildman–Crippen MR) is 75.8 cm³/mol. The summed E-state index contributed by atoms with van der Waals surface area (Å²) in [5, 5.41) is 0. The molecule has 0 saturated carbocycles. The summed E-state index contributed by atoms with van der Waals surface area (Å²) in [4.78, 5) is 9.68. The van der Waals surface area contributed by atoms with Crippen molar-refractivity contribution in [3.8, 4) is 0 Å². The topological polar surface area (TPSA) is 69.1 Å². The highest BCUT2D eigenvalue weighted by atomic mass is 35.5. The molecule has 0 aromatic rings. The van der Waals surface area contributed by atoms with Crippen LogP contribution in [0.2, 0.25) is 0 Å². The van der Waals surface area contributed by atoms with Crippen LogP contribution in [0.25, 0.3) is 0 Å². The number of alkyl halides is 1. The zero-order chi connectivity index (χ0) is 12.5. The van der Waals surface area contributed by atoms with Crippen LogP contribution in [0, 0.1) is 0 Å². The Morgan fingerprint density at radius 3 is 1.53 bits per heavy atom. The van der Waals surface area contributed by atoms with Crippen molar-refractivity contribution in [1.82, 2.24) is 0 Å². The minimum Gasteiger partial charge on any atom is -0.330 e. The summed E-state index contributed by atoms with van der Waals surface area (Å²) in [6.07, 6.45) is 0. The van der Waals surface area contributed by atoms with Gasteiger partial charge in [0.25, 0.3) is 0 Å². The molecule has 0 aromatic heterocycles. The van der Waals surface area contributed by atoms with Gasteiger partial charge >= 0.3 is 0 Å². The number of hydrogen-bond donors (Lipinski definition) is 2. The van der Waals surface area contributed by atoms with Crippen molar-refractivity contribution in [3.63, 3.8) is 0 Å². The van der Waals surface area contributed by atoms with E-state index in [4.69, 9.17) is 23.1 Å². The van der Waals surface area contributed by atoms with Gasteiger partial charge in [0.1, 0.15) is 5.78 Å². The zero-order valence-corrected chi connectivity index (χ0v) is 12.2. The number of carbonyl (C=O) groups is 1. The summed E-state index contributed by atoms with van der Waals surface area (Å²) >= 11 is 4.99. The van der Waals surface area contributed by atoms with Crippen LogP contribution in [0.1, 0.15) is 20.8 Å². The molecule has 0 bridgehead atoms. The minimum absolute atomic E-state index is 0.0201. The van der Waals surface area contributed by atoms with E-state index in [-0.39, 0.29) is 11.7 Å². The Bertz CT molecular complexity index is 112. The second-order valence-corrected chi connectivity index (χ2v) is 5.03. The molecule has 94 valence electrons. The van der Waals surface area contributed by atoms with Crippen LogP contribution >= 0.6 is 33.2 Å². The number of rotatable bonds is 6. The SMILES string of the molecule is CC.CC(=O)CCl.NCCSSCCN. The summed E-state index contributed by atoms with van der Waals surface area (Å²) in [6, 6.07) is 0. The van der Waals surface area contributed by atoms with Crippen molar-refractivity contribution in [1.29, 1.82) is 0 Å². The number of ketones is 1. The number of halogens is 1. The van der Waals surface area contributed by atoms with E-state index in [2.05, 4.69) is 0 Å². The van der Waals surface area contributed by atoms with Gasteiger partial charge < -0.3 is 11.5 Å². The molecule has 3 nitrogen and oxygen atoms in total. The average Bonchev–Trinajstić information content (AvgIpc) is 2.28. The number of hydrogen-bond acceptors (Lipinski definition) is 5. The molecule has 15 heavy (non-hydrogen) atoms. The van der Waals surface area contributed by atoms with Gasteiger partial charge in [-0.2, -0.15) is 0 Å². The van der Waals surface area contributed by atoms with E-state index >= 15 is 0 Å². The van der Waals surface area contributed by atoms with Gasteiger partial charge in [0, 0.05) is 24.6 Å². The molecule has 0 rings (SSSR count). The lowest BCUT2D eigenvalue weighted by Crippen LogP contribution is -2.02. The molecule has 6 heteroatoms. The van der Waals surface area contributed by atoms with Crippen LogP contribution in [0.5, 0.6) is 0 Å². The van der Waals surface area contributed by atoms with E-state index in [1.54, 1.807) is 21.6 Å². The second-order valence-electron chi connectivity index (χ2n) is 2.06. The van der Waals surface area contributed by atoms with Crippen LogP contribution in [0.4, 0.5) is 0 Å². The molecule has 4 N–H and O–H groups in total. The molecule has 0 radical (unpaired) electrons. The molecule has 0 aliphatic carbocycles. The Morgan fingerprint density at radius 1 is 1.13 bits per heavy atom. The monoisotopic (exact) mass is 274 g/mol. The third kappa shape index (κ3) is 40.2. The molecule has 0 aliphatic rings. The van der Waals surface area contributed by atoms with Crippen molar-refractivity contribution < 1.29 is 4.79 Å². The minimum atomic E-state index is 0.0201. The lowest BCUT2D eigenvalue weighted by Gasteiger charge is -1.93. The van der Waals surface area contributed by atoms with E-state index in [0.717, 1.165) is 24.6 Å². The van der Waals surface area contributed by atoms with Gasteiger partial charge in [-0.05, 0) is 6.92 Å². The lowest BCUT2D eigenvalue weighted by atomic mass is 10.5. The first kappa shape index (κ1) is 20.9. The van der Waals surface area contributed by atoms with Gasteiger partial charge in [0.05, 0.1) is 5.88 Å². The normalized spacial score (nSPS) is 8.13. The van der Waals surface area contributed by atoms with Crippen LogP contribution in [-0.4, -0.2) is 36.3 Å². The summed E-state index contributed by atoms with van der Waals surface area (Å²) in [7, 11) is 3.58. The molecular formula is C9H23ClN2OS2. The molecule has 0 amide bonds. The van der Waals surface area contributed by atoms with E-state index in [1.807, 2.05) is 13.8 Å². The molecule has 0 saturated heterocycles. The molecular weight excluding hydrogens is 252 g/mol. The average molecular weight is 275 g/mol. The van der Waals surface area contributed by atoms with Gasteiger partial charge in [-0.1, -0.05) is 35.4 Å². The van der Waals surface area contributed by atoms with E-state index in [0.29, 0.717) is 0 Å². The van der Waals surface area contributed by atoms with Gasteiger partial charge in [0.15, 0.2) is 0 Å². The van der Waals surface area contributed by atoms with E-state index < -0.39 is 0 Å². The first-order valence-electron chi connectivity index (χ1n) is 4.89. The molecule has 0 unspecified atom stereocenters. The van der Waals surface area contributed by atoms with Gasteiger partial charge in [-0.25, -0.2) is 0 Å². The zero-order valence-electron chi connectivity index (χ0n) is 9.79. The summed E-state index contributed by atoms with van der Waals surface area (Å²) in [5.41, 5.74) is 10.5. The van der Waals surface area contributed by atoms with Crippen molar-refractivity contribution in [2.75, 3.05) is 30.5 Å². The Labute approximate surface area is 106 Å². The Kier molecular flexibility index (Phi) is 33.5. The standard InChI is InChI=1S/C4H12N2S2.C3H5ClO.C2H6/c5-1-3-7-8-4-2-6;1-3(5)2-4;1-2/h1-6H2;2H2,1H3;1-2H3. The fourth-order valence-corrected chi connectivity index (χ4v) is 1.93. The van der Waals surface area contributed by atoms with E-state index in [9.17, 15) is 4.79 Å². The predicted octanol–water partition coefficient (Wildman–Crippen LogP) is 2.13. The van der Waals surface area contributed by atoms with Gasteiger partial charge in [-0.15, -0.1) is 11.6 Å². The van der Waals surface area contributed by atoms with Crippen molar-refractivity contribution in [2.45, 2.75) is 20.8 Å². The first-order chi connectivity index (χ1) is 7.18. The molecule has 0 aliphatic heterocycles. The van der Waals surface area contributed by atoms with Crippen LogP contribution < -0.4 is 11.5 Å². The fourth-order valence-electron chi connectivity index (χ4n) is 0.214. The fraction of sp³-hybridized carbons (Fsp3) is 0.889. The lowest BCUT2D eigenvalue weighted by molar-refractivity contribution is -0.114. The molecule has 0 heterocycles. The largest absolute Gasteiger partial charge is 0.330 e. The number of carbonyl (C=O) groups excluding carboxylic acids is 1. The molecule has 0 atom stereocenters. The maximum Gasteiger partial charge on any atom is 0.144 e. The van der Waals surface area contributed by atoms with Crippen LogP contribution in [0.15, 0.2) is 0 Å². The highest BCUT2D eigenvalue weighted by Crippen LogP contribution is 2.18. The first-order valence-corrected chi connectivity index (χ1v) is 7.91. The molecule has 0 spiro atoms. The molecule has 0 aromatic carbocycles. The Hall–Kier alpha value is 0.580. The van der Waals surface area contributed by atoms with Crippen molar-refractivity contribution in [2.24, 2.45) is 11.5 Å². The maximum atomic E-state index is 9.68. The van der Waals surface area contributed by atoms with Gasteiger partial charge in [0.2, 0.25) is 0 Å². The van der Waals surface area contributed by atoms with Gasteiger partial charge in [-0.3, -0.25) is 4.79 Å². The van der Waals surface area contributed by atoms with E-state index in [1.165, 1.54) is 6.92 Å². The number of Topliss-reactive ketones (excluding diaryl/α,β-unsaturated/α-hetero) is 1. The maximum absolute atomic E-state index is 9.68. The third-order valence-corrected chi connectivity index (χ3v) is 3.52. The Balaban J connectivity index is -0.000000177. The van der Waals surface area contributed by atoms with Crippen LogP contribution in [0.3, 0.4) is 0 Å². The Morgan fingerprint density at radius 2 is 1.40 bits per heavy atom. The summed E-state index contributed by atoms with van der Waals surface area (Å²) in [5.74, 6) is 2.22. The highest BCUT2D eigenvalue weighted by molar-refractivity contribution is 8.76. The highest BCUT2D eigenvalue weighted by Gasteiger charge is 1.84. The summed E-state index contributed by atoms with van der Waals surface area (Å²) in [6.45, 7) is 6.98.